The van der Waals surface area contributed by atoms with Gasteiger partial charge in [-0.15, -0.1) is 0 Å². The van der Waals surface area contributed by atoms with Gasteiger partial charge >= 0.3 is 0 Å². The molecule has 0 spiro atoms. The fourth-order valence-corrected chi connectivity index (χ4v) is 2.95. The van der Waals surface area contributed by atoms with Crippen LogP contribution < -0.4 is 15.4 Å². The highest BCUT2D eigenvalue weighted by Crippen LogP contribution is 2.32. The number of nitrogens with zero attached hydrogens (tertiary/aromatic N) is 2. The molecule has 3 aromatic heterocycles. The number of H-pyrrole nitrogens is 1. The minimum atomic E-state index is -0.578. The molecule has 4 aromatic rings. The Balaban J connectivity index is 1.60. The van der Waals surface area contributed by atoms with Gasteiger partial charge in [0.2, 0.25) is 0 Å². The topological polar surface area (TPSA) is 91.9 Å². The van der Waals surface area contributed by atoms with E-state index in [0.29, 0.717) is 22.1 Å². The first-order valence-electron chi connectivity index (χ1n) is 8.59. The first kappa shape index (κ1) is 18.7. The summed E-state index contributed by atoms with van der Waals surface area (Å²) in [6, 6.07) is 9.32. The fraction of sp³-hybridized carbons (Fsp3) is 0.0500. The highest BCUT2D eigenvalue weighted by molar-refractivity contribution is 6.31. The van der Waals surface area contributed by atoms with Crippen LogP contribution in [0.1, 0.15) is 10.4 Å². The third-order valence-corrected chi connectivity index (χ3v) is 4.37. The number of carbonyl (C=O) groups is 1. The molecular formula is C20H15ClFN5O2. The number of rotatable bonds is 5. The van der Waals surface area contributed by atoms with E-state index in [1.165, 1.54) is 31.4 Å². The summed E-state index contributed by atoms with van der Waals surface area (Å²) in [4.78, 5) is 23.3. The number of benzene rings is 1. The molecule has 0 atom stereocenters. The summed E-state index contributed by atoms with van der Waals surface area (Å²) in [7, 11) is 1.50. The van der Waals surface area contributed by atoms with Crippen molar-refractivity contribution >= 4 is 40.0 Å². The minimum absolute atomic E-state index is 0.0554. The Hall–Kier alpha value is -3.65. The van der Waals surface area contributed by atoms with Crippen molar-refractivity contribution in [2.75, 3.05) is 12.4 Å². The number of amides is 1. The van der Waals surface area contributed by atoms with E-state index >= 15 is 0 Å². The zero-order valence-corrected chi connectivity index (χ0v) is 15.9. The molecule has 0 saturated carbocycles. The average molecular weight is 412 g/mol. The second-order valence-electron chi connectivity index (χ2n) is 6.05. The van der Waals surface area contributed by atoms with Crippen LogP contribution in [0.15, 0.2) is 55.0 Å². The maximum absolute atomic E-state index is 14.6. The number of halogens is 2. The number of nitrogens with one attached hydrogen (secondary N) is 3. The van der Waals surface area contributed by atoms with Crippen molar-refractivity contribution in [1.82, 2.24) is 20.3 Å². The van der Waals surface area contributed by atoms with Crippen molar-refractivity contribution < 1.29 is 13.9 Å². The van der Waals surface area contributed by atoms with Gasteiger partial charge in [-0.05, 0) is 30.3 Å². The van der Waals surface area contributed by atoms with Crippen molar-refractivity contribution in [1.29, 1.82) is 0 Å². The van der Waals surface area contributed by atoms with Gasteiger partial charge in [-0.2, -0.15) is 0 Å². The molecule has 0 aliphatic heterocycles. The number of aromatic amines is 1. The zero-order chi connectivity index (χ0) is 20.4. The molecule has 0 unspecified atom stereocenters. The van der Waals surface area contributed by atoms with Gasteiger partial charge < -0.3 is 20.4 Å². The van der Waals surface area contributed by atoms with Gasteiger partial charge in [0.1, 0.15) is 17.2 Å². The number of pyridine rings is 2. The number of aromatic nitrogens is 3. The van der Waals surface area contributed by atoms with Gasteiger partial charge in [0.15, 0.2) is 11.6 Å². The summed E-state index contributed by atoms with van der Waals surface area (Å²) >= 11 is 5.92. The van der Waals surface area contributed by atoms with E-state index in [9.17, 15) is 9.18 Å². The summed E-state index contributed by atoms with van der Waals surface area (Å²) in [5.74, 6) is -0.149. The lowest BCUT2D eigenvalue weighted by Gasteiger charge is -2.12. The number of fused-ring (bicyclic) bond motifs is 1. The Morgan fingerprint density at radius 2 is 2.03 bits per heavy atom. The Morgan fingerprint density at radius 1 is 1.17 bits per heavy atom. The van der Waals surface area contributed by atoms with Gasteiger partial charge in [0.05, 0.1) is 16.0 Å². The lowest BCUT2D eigenvalue weighted by molar-refractivity contribution is 0.0963. The molecule has 1 aromatic carbocycles. The van der Waals surface area contributed by atoms with E-state index in [1.54, 1.807) is 30.6 Å². The van der Waals surface area contributed by atoms with Crippen LogP contribution >= 0.6 is 11.6 Å². The van der Waals surface area contributed by atoms with E-state index in [0.717, 1.165) is 5.39 Å². The van der Waals surface area contributed by atoms with E-state index < -0.39 is 5.82 Å². The molecule has 1 amide bonds. The molecule has 3 heterocycles. The molecule has 0 aliphatic carbocycles. The fourth-order valence-electron chi connectivity index (χ4n) is 2.79. The van der Waals surface area contributed by atoms with Crippen LogP contribution in [0.4, 0.5) is 15.9 Å². The van der Waals surface area contributed by atoms with Crippen LogP contribution in [-0.4, -0.2) is 27.9 Å². The lowest BCUT2D eigenvalue weighted by Crippen LogP contribution is -2.19. The molecule has 4 rings (SSSR count). The van der Waals surface area contributed by atoms with Gasteiger partial charge in [-0.3, -0.25) is 4.79 Å². The predicted molar refractivity (Wildman–Crippen MR) is 108 cm³/mol. The molecule has 9 heteroatoms. The van der Waals surface area contributed by atoms with Gasteiger partial charge in [0.25, 0.3) is 5.91 Å². The van der Waals surface area contributed by atoms with E-state index in [4.69, 9.17) is 16.3 Å². The first-order valence-corrected chi connectivity index (χ1v) is 8.97. The first-order chi connectivity index (χ1) is 14.0. The molecule has 7 nitrogen and oxygen atoms in total. The summed E-state index contributed by atoms with van der Waals surface area (Å²) in [6.07, 6.45) is 4.71. The summed E-state index contributed by atoms with van der Waals surface area (Å²) in [5.41, 5.74) is 1.29. The smallest absolute Gasteiger partial charge is 0.254 e. The van der Waals surface area contributed by atoms with Gasteiger partial charge in [-0.25, -0.2) is 14.4 Å². The Morgan fingerprint density at radius 3 is 2.83 bits per heavy atom. The van der Waals surface area contributed by atoms with Crippen LogP contribution in [0.3, 0.4) is 0 Å². The largest absolute Gasteiger partial charge is 0.453 e. The van der Waals surface area contributed by atoms with E-state index in [2.05, 4.69) is 25.6 Å². The molecule has 0 aliphatic rings. The molecule has 3 N–H and O–H groups in total. The SMILES string of the molecule is CNC(=O)c1cc(Cl)cnc1Nc1ccc(Oc2ccnc3[nH]ccc23)c(F)c1. The number of hydrogen-bond donors (Lipinski definition) is 3. The molecular weight excluding hydrogens is 397 g/mol. The Labute approximate surface area is 169 Å². The zero-order valence-electron chi connectivity index (χ0n) is 15.2. The average Bonchev–Trinajstić information content (AvgIpc) is 3.20. The highest BCUT2D eigenvalue weighted by atomic mass is 35.5. The Kier molecular flexibility index (Phi) is 5.01. The monoisotopic (exact) mass is 411 g/mol. The number of anilines is 2. The predicted octanol–water partition coefficient (Wildman–Crippen LogP) is 4.65. The van der Waals surface area contributed by atoms with Crippen molar-refractivity contribution in [3.8, 4) is 11.5 Å². The standard InChI is InChI=1S/C20H15ClFN5O2/c1-23-20(28)14-8-11(21)10-26-19(14)27-12-2-3-17(15(22)9-12)29-16-5-7-25-18-13(16)4-6-24-18/h2-10H,1H3,(H,23,28)(H,24,25)(H,26,27). The molecule has 0 saturated heterocycles. The summed E-state index contributed by atoms with van der Waals surface area (Å²) < 4.78 is 20.4. The minimum Gasteiger partial charge on any atom is -0.453 e. The second kappa shape index (κ2) is 7.76. The molecule has 0 bridgehead atoms. The normalized spacial score (nSPS) is 10.7. The van der Waals surface area contributed by atoms with E-state index in [1.807, 2.05) is 0 Å². The van der Waals surface area contributed by atoms with Gasteiger partial charge in [-0.1, -0.05) is 11.6 Å². The third kappa shape index (κ3) is 3.83. The molecule has 0 fully saturated rings. The van der Waals surface area contributed by atoms with Crippen molar-refractivity contribution in [3.05, 3.63) is 71.4 Å². The van der Waals surface area contributed by atoms with Crippen molar-refractivity contribution in [3.63, 3.8) is 0 Å². The quantitative estimate of drug-likeness (QED) is 0.444. The van der Waals surface area contributed by atoms with Crippen molar-refractivity contribution in [2.24, 2.45) is 0 Å². The van der Waals surface area contributed by atoms with Crippen LogP contribution in [0, 0.1) is 5.82 Å². The maximum atomic E-state index is 14.6. The lowest BCUT2D eigenvalue weighted by atomic mass is 10.2. The molecule has 146 valence electrons. The van der Waals surface area contributed by atoms with Gasteiger partial charge in [0, 0.05) is 37.4 Å². The molecule has 29 heavy (non-hydrogen) atoms. The summed E-state index contributed by atoms with van der Waals surface area (Å²) in [6.45, 7) is 0. The number of carbonyl (C=O) groups excluding carboxylic acids is 1. The van der Waals surface area contributed by atoms with Crippen LogP contribution in [0.5, 0.6) is 11.5 Å². The number of ether oxygens (including phenoxy) is 1. The van der Waals surface area contributed by atoms with Crippen molar-refractivity contribution in [2.45, 2.75) is 0 Å². The van der Waals surface area contributed by atoms with E-state index in [-0.39, 0.29) is 23.0 Å². The van der Waals surface area contributed by atoms with Crippen LogP contribution in [0.25, 0.3) is 11.0 Å². The number of hydrogen-bond acceptors (Lipinski definition) is 5. The third-order valence-electron chi connectivity index (χ3n) is 4.16. The highest BCUT2D eigenvalue weighted by Gasteiger charge is 2.14. The second-order valence-corrected chi connectivity index (χ2v) is 6.49. The van der Waals surface area contributed by atoms with Crippen LogP contribution in [-0.2, 0) is 0 Å². The summed E-state index contributed by atoms with van der Waals surface area (Å²) in [5, 5.41) is 6.51. The van der Waals surface area contributed by atoms with Crippen LogP contribution in [0.2, 0.25) is 5.02 Å². The Bertz CT molecular complexity index is 1210. The maximum Gasteiger partial charge on any atom is 0.254 e. The molecule has 0 radical (unpaired) electrons.